The van der Waals surface area contributed by atoms with Gasteiger partial charge in [-0.05, 0) is 18.1 Å². The van der Waals surface area contributed by atoms with Crippen molar-refractivity contribution in [2.75, 3.05) is 18.5 Å². The smallest absolute Gasteiger partial charge is 0.202 e. The molecule has 1 aromatic heterocycles. The highest BCUT2D eigenvalue weighted by molar-refractivity contribution is 5.26. The van der Waals surface area contributed by atoms with Gasteiger partial charge in [0.05, 0.1) is 6.54 Å². The van der Waals surface area contributed by atoms with Gasteiger partial charge >= 0.3 is 0 Å². The SMILES string of the molecule is CC(C)CNc1nccn1CCOc1ccccc1. The molecule has 2 rings (SSSR count). The van der Waals surface area contributed by atoms with Gasteiger partial charge < -0.3 is 14.6 Å². The second-order valence-corrected chi connectivity index (χ2v) is 4.88. The number of imidazole rings is 1. The van der Waals surface area contributed by atoms with E-state index < -0.39 is 0 Å². The third kappa shape index (κ3) is 4.32. The minimum atomic E-state index is 0.603. The van der Waals surface area contributed by atoms with E-state index in [2.05, 4.69) is 28.7 Å². The zero-order chi connectivity index (χ0) is 13.5. The van der Waals surface area contributed by atoms with E-state index in [1.54, 1.807) is 0 Å². The highest BCUT2D eigenvalue weighted by Crippen LogP contribution is 2.09. The molecule has 1 N–H and O–H groups in total. The Hall–Kier alpha value is -1.97. The molecule has 0 atom stereocenters. The van der Waals surface area contributed by atoms with Crippen LogP contribution in [0, 0.1) is 5.92 Å². The first-order chi connectivity index (χ1) is 9.25. The molecule has 0 spiro atoms. The van der Waals surface area contributed by atoms with Crippen molar-refractivity contribution in [1.29, 1.82) is 0 Å². The van der Waals surface area contributed by atoms with Crippen LogP contribution in [0.2, 0.25) is 0 Å². The van der Waals surface area contributed by atoms with E-state index in [1.165, 1.54) is 0 Å². The van der Waals surface area contributed by atoms with Crippen molar-refractivity contribution in [2.24, 2.45) is 5.92 Å². The third-order valence-corrected chi connectivity index (χ3v) is 2.73. The van der Waals surface area contributed by atoms with Crippen LogP contribution in [0.25, 0.3) is 0 Å². The zero-order valence-corrected chi connectivity index (χ0v) is 11.5. The van der Waals surface area contributed by atoms with Crippen LogP contribution in [-0.4, -0.2) is 22.7 Å². The zero-order valence-electron chi connectivity index (χ0n) is 11.5. The van der Waals surface area contributed by atoms with Crippen molar-refractivity contribution < 1.29 is 4.74 Å². The highest BCUT2D eigenvalue weighted by atomic mass is 16.5. The molecule has 0 amide bonds. The van der Waals surface area contributed by atoms with E-state index in [0.29, 0.717) is 12.5 Å². The first-order valence-electron chi connectivity index (χ1n) is 6.68. The standard InChI is InChI=1S/C15H21N3O/c1-13(2)12-17-15-16-8-9-18(15)10-11-19-14-6-4-3-5-7-14/h3-9,13H,10-12H2,1-2H3,(H,16,17). The Labute approximate surface area is 114 Å². The lowest BCUT2D eigenvalue weighted by Gasteiger charge is -2.12. The normalized spacial score (nSPS) is 10.7. The molecule has 0 aliphatic carbocycles. The second-order valence-electron chi connectivity index (χ2n) is 4.88. The fourth-order valence-corrected chi connectivity index (χ4v) is 1.73. The molecule has 0 radical (unpaired) electrons. The summed E-state index contributed by atoms with van der Waals surface area (Å²) < 4.78 is 7.76. The number of aromatic nitrogens is 2. The van der Waals surface area contributed by atoms with Crippen LogP contribution in [-0.2, 0) is 6.54 Å². The molecule has 102 valence electrons. The maximum atomic E-state index is 5.68. The third-order valence-electron chi connectivity index (χ3n) is 2.73. The summed E-state index contributed by atoms with van der Waals surface area (Å²) >= 11 is 0. The Morgan fingerprint density at radius 1 is 1.26 bits per heavy atom. The molecule has 0 saturated carbocycles. The van der Waals surface area contributed by atoms with Crippen LogP contribution < -0.4 is 10.1 Å². The van der Waals surface area contributed by atoms with Gasteiger partial charge in [0.25, 0.3) is 0 Å². The quantitative estimate of drug-likeness (QED) is 0.830. The Morgan fingerprint density at radius 3 is 2.79 bits per heavy atom. The summed E-state index contributed by atoms with van der Waals surface area (Å²) in [6.07, 6.45) is 3.78. The van der Waals surface area contributed by atoms with E-state index in [1.807, 2.05) is 42.7 Å². The number of hydrogen-bond donors (Lipinski definition) is 1. The van der Waals surface area contributed by atoms with E-state index >= 15 is 0 Å². The van der Waals surface area contributed by atoms with E-state index in [4.69, 9.17) is 4.74 Å². The second kappa shape index (κ2) is 6.83. The molecule has 0 fully saturated rings. The number of nitrogens with zero attached hydrogens (tertiary/aromatic N) is 2. The maximum absolute atomic E-state index is 5.68. The fourth-order valence-electron chi connectivity index (χ4n) is 1.73. The van der Waals surface area contributed by atoms with Gasteiger partial charge in [0.2, 0.25) is 5.95 Å². The van der Waals surface area contributed by atoms with Crippen molar-refractivity contribution in [1.82, 2.24) is 9.55 Å². The van der Waals surface area contributed by atoms with Gasteiger partial charge in [-0.3, -0.25) is 0 Å². The number of nitrogens with one attached hydrogen (secondary N) is 1. The molecular weight excluding hydrogens is 238 g/mol. The Balaban J connectivity index is 1.81. The number of benzene rings is 1. The van der Waals surface area contributed by atoms with Crippen molar-refractivity contribution >= 4 is 5.95 Å². The molecule has 0 bridgehead atoms. The lowest BCUT2D eigenvalue weighted by molar-refractivity contribution is 0.299. The van der Waals surface area contributed by atoms with Crippen LogP contribution in [0.1, 0.15) is 13.8 Å². The van der Waals surface area contributed by atoms with Crippen molar-refractivity contribution in [3.05, 3.63) is 42.7 Å². The van der Waals surface area contributed by atoms with Gasteiger partial charge in [0, 0.05) is 18.9 Å². The van der Waals surface area contributed by atoms with Crippen molar-refractivity contribution in [3.63, 3.8) is 0 Å². The van der Waals surface area contributed by atoms with Crippen LogP contribution in [0.15, 0.2) is 42.7 Å². The molecule has 1 heterocycles. The van der Waals surface area contributed by atoms with E-state index in [9.17, 15) is 0 Å². The Bertz CT molecular complexity index is 479. The van der Waals surface area contributed by atoms with Crippen LogP contribution in [0.5, 0.6) is 5.75 Å². The molecule has 4 heteroatoms. The van der Waals surface area contributed by atoms with Gasteiger partial charge in [-0.15, -0.1) is 0 Å². The topological polar surface area (TPSA) is 39.1 Å². The molecule has 1 aromatic carbocycles. The average molecular weight is 259 g/mol. The predicted molar refractivity (Wildman–Crippen MR) is 77.5 cm³/mol. The summed E-state index contributed by atoms with van der Waals surface area (Å²) in [5, 5.41) is 3.34. The summed E-state index contributed by atoms with van der Waals surface area (Å²) in [6.45, 7) is 6.71. The van der Waals surface area contributed by atoms with Crippen molar-refractivity contribution in [2.45, 2.75) is 20.4 Å². The lowest BCUT2D eigenvalue weighted by atomic mass is 10.2. The van der Waals surface area contributed by atoms with Gasteiger partial charge in [-0.2, -0.15) is 0 Å². The monoisotopic (exact) mass is 259 g/mol. The molecule has 0 aliphatic rings. The largest absolute Gasteiger partial charge is 0.492 e. The highest BCUT2D eigenvalue weighted by Gasteiger charge is 2.03. The predicted octanol–water partition coefficient (Wildman–Crippen LogP) is 3.03. The molecule has 0 aliphatic heterocycles. The summed E-state index contributed by atoms with van der Waals surface area (Å²) in [5.74, 6) is 2.41. The first kappa shape index (κ1) is 13.5. The Morgan fingerprint density at radius 2 is 2.05 bits per heavy atom. The number of para-hydroxylation sites is 1. The minimum absolute atomic E-state index is 0.603. The van der Waals surface area contributed by atoms with Gasteiger partial charge in [0.15, 0.2) is 0 Å². The Kier molecular flexibility index (Phi) is 4.84. The molecule has 0 unspecified atom stereocenters. The summed E-state index contributed by atoms with van der Waals surface area (Å²) in [7, 11) is 0. The van der Waals surface area contributed by atoms with Crippen LogP contribution in [0.4, 0.5) is 5.95 Å². The maximum Gasteiger partial charge on any atom is 0.202 e. The molecule has 2 aromatic rings. The number of hydrogen-bond acceptors (Lipinski definition) is 3. The van der Waals surface area contributed by atoms with Gasteiger partial charge in [-0.1, -0.05) is 32.0 Å². The van der Waals surface area contributed by atoms with Crippen LogP contribution in [0.3, 0.4) is 0 Å². The summed E-state index contributed by atoms with van der Waals surface area (Å²) in [6, 6.07) is 9.86. The first-order valence-corrected chi connectivity index (χ1v) is 6.68. The molecular formula is C15H21N3O. The fraction of sp³-hybridized carbons (Fsp3) is 0.400. The number of anilines is 1. The number of rotatable bonds is 7. The van der Waals surface area contributed by atoms with Crippen LogP contribution >= 0.6 is 0 Å². The van der Waals surface area contributed by atoms with Gasteiger partial charge in [0.1, 0.15) is 12.4 Å². The molecule has 0 saturated heterocycles. The van der Waals surface area contributed by atoms with E-state index in [-0.39, 0.29) is 0 Å². The number of ether oxygens (including phenoxy) is 1. The summed E-state index contributed by atoms with van der Waals surface area (Å²) in [5.41, 5.74) is 0. The van der Waals surface area contributed by atoms with Gasteiger partial charge in [-0.25, -0.2) is 4.98 Å². The minimum Gasteiger partial charge on any atom is -0.492 e. The lowest BCUT2D eigenvalue weighted by Crippen LogP contribution is -2.15. The van der Waals surface area contributed by atoms with Crippen molar-refractivity contribution in [3.8, 4) is 5.75 Å². The molecule has 19 heavy (non-hydrogen) atoms. The average Bonchev–Trinajstić information content (AvgIpc) is 2.85. The summed E-state index contributed by atoms with van der Waals surface area (Å²) in [4.78, 5) is 4.31. The molecule has 4 nitrogen and oxygen atoms in total. The van der Waals surface area contributed by atoms with E-state index in [0.717, 1.165) is 24.8 Å².